The van der Waals surface area contributed by atoms with Gasteiger partial charge in [0.2, 0.25) is 0 Å². The van der Waals surface area contributed by atoms with E-state index in [9.17, 15) is 13.2 Å². The zero-order valence-corrected chi connectivity index (χ0v) is 16.8. The van der Waals surface area contributed by atoms with Crippen LogP contribution in [0.2, 0.25) is 10.0 Å². The molecule has 2 N–H and O–H groups in total. The maximum absolute atomic E-state index is 12.4. The highest BCUT2D eigenvalue weighted by atomic mass is 35.5. The molecule has 152 valence electrons. The van der Waals surface area contributed by atoms with Crippen molar-refractivity contribution in [2.75, 3.05) is 39.8 Å². The number of aliphatic imine (C=N–C) groups is 1. The van der Waals surface area contributed by atoms with Crippen LogP contribution >= 0.6 is 23.2 Å². The molecule has 0 spiro atoms. The van der Waals surface area contributed by atoms with Crippen LogP contribution in [0.25, 0.3) is 0 Å². The van der Waals surface area contributed by atoms with E-state index in [1.165, 1.54) is 4.90 Å². The number of benzene rings is 1. The van der Waals surface area contributed by atoms with Crippen molar-refractivity contribution in [3.63, 3.8) is 0 Å². The first kappa shape index (κ1) is 22.1. The maximum atomic E-state index is 12.4. The summed E-state index contributed by atoms with van der Waals surface area (Å²) in [6.07, 6.45) is -1.69. The molecule has 1 aromatic rings. The summed E-state index contributed by atoms with van der Waals surface area (Å²) in [6.45, 7) is 1.43. The highest BCUT2D eigenvalue weighted by molar-refractivity contribution is 6.35. The first-order valence-electron chi connectivity index (χ1n) is 8.94. The molecule has 1 aliphatic rings. The van der Waals surface area contributed by atoms with Crippen molar-refractivity contribution >= 4 is 29.2 Å². The van der Waals surface area contributed by atoms with Gasteiger partial charge in [-0.15, -0.1) is 0 Å². The van der Waals surface area contributed by atoms with E-state index in [2.05, 4.69) is 15.6 Å². The van der Waals surface area contributed by atoms with Crippen LogP contribution < -0.4 is 10.6 Å². The molecule has 0 radical (unpaired) electrons. The van der Waals surface area contributed by atoms with Crippen LogP contribution in [-0.4, -0.2) is 56.8 Å². The summed E-state index contributed by atoms with van der Waals surface area (Å²) in [5, 5.41) is 7.70. The molecule has 1 unspecified atom stereocenters. The lowest BCUT2D eigenvalue weighted by atomic mass is 10.1. The molecule has 4 nitrogen and oxygen atoms in total. The first-order valence-corrected chi connectivity index (χ1v) is 9.70. The third-order valence-electron chi connectivity index (χ3n) is 4.49. The van der Waals surface area contributed by atoms with Gasteiger partial charge in [-0.2, -0.15) is 13.2 Å². The predicted molar refractivity (Wildman–Crippen MR) is 105 cm³/mol. The fraction of sp³-hybridized carbons (Fsp3) is 0.611. The maximum Gasteiger partial charge on any atom is 0.401 e. The van der Waals surface area contributed by atoms with Gasteiger partial charge in [-0.25, -0.2) is 0 Å². The van der Waals surface area contributed by atoms with E-state index in [1.54, 1.807) is 13.1 Å². The lowest BCUT2D eigenvalue weighted by Gasteiger charge is -2.18. The molecule has 0 amide bonds. The molecule has 1 atom stereocenters. The quantitative estimate of drug-likeness (QED) is 0.395. The van der Waals surface area contributed by atoms with Gasteiger partial charge in [-0.1, -0.05) is 29.3 Å². The Morgan fingerprint density at radius 3 is 2.74 bits per heavy atom. The normalized spacial score (nSPS) is 18.7. The SMILES string of the molecule is CN=C(NCCCc1ccc(Cl)cc1Cl)NCC1CCN(CC(F)(F)F)C1. The number of hydrogen-bond acceptors (Lipinski definition) is 2. The van der Waals surface area contributed by atoms with E-state index in [-0.39, 0.29) is 5.92 Å². The molecular weight excluding hydrogens is 400 g/mol. The third-order valence-corrected chi connectivity index (χ3v) is 5.07. The van der Waals surface area contributed by atoms with Gasteiger partial charge in [-0.3, -0.25) is 9.89 Å². The summed E-state index contributed by atoms with van der Waals surface area (Å²) in [4.78, 5) is 5.62. The first-order chi connectivity index (χ1) is 12.8. The average Bonchev–Trinajstić information content (AvgIpc) is 3.01. The standard InChI is InChI=1S/C18H25Cl2F3N4/c1-24-17(25-7-2-3-14-4-5-15(19)9-16(14)20)26-10-13-6-8-27(11-13)12-18(21,22)23/h4-5,9,13H,2-3,6-8,10-12H2,1H3,(H2,24,25,26). The minimum atomic E-state index is -4.13. The van der Waals surface area contributed by atoms with Crippen LogP contribution in [0.15, 0.2) is 23.2 Å². The van der Waals surface area contributed by atoms with Crippen molar-refractivity contribution in [2.24, 2.45) is 10.9 Å². The van der Waals surface area contributed by atoms with Crippen LogP contribution in [-0.2, 0) is 6.42 Å². The number of rotatable bonds is 7. The number of aryl methyl sites for hydroxylation is 1. The van der Waals surface area contributed by atoms with Crippen LogP contribution in [0, 0.1) is 5.92 Å². The Labute approximate surface area is 168 Å². The fourth-order valence-electron chi connectivity index (χ4n) is 3.15. The molecule has 2 rings (SSSR count). The Kier molecular flexibility index (Phi) is 8.51. The minimum absolute atomic E-state index is 0.193. The second kappa shape index (κ2) is 10.4. The van der Waals surface area contributed by atoms with Gasteiger partial charge in [0.1, 0.15) is 0 Å². The number of hydrogen-bond donors (Lipinski definition) is 2. The molecule has 0 aliphatic carbocycles. The van der Waals surface area contributed by atoms with Gasteiger partial charge in [0.25, 0.3) is 0 Å². The lowest BCUT2D eigenvalue weighted by molar-refractivity contribution is -0.143. The van der Waals surface area contributed by atoms with Crippen molar-refractivity contribution in [3.8, 4) is 0 Å². The number of guanidine groups is 1. The zero-order valence-electron chi connectivity index (χ0n) is 15.3. The summed E-state index contributed by atoms with van der Waals surface area (Å²) in [5.41, 5.74) is 1.04. The minimum Gasteiger partial charge on any atom is -0.356 e. The highest BCUT2D eigenvalue weighted by Gasteiger charge is 2.34. The molecule has 1 fully saturated rings. The largest absolute Gasteiger partial charge is 0.401 e. The van der Waals surface area contributed by atoms with E-state index in [4.69, 9.17) is 23.2 Å². The summed E-state index contributed by atoms with van der Waals surface area (Å²) in [7, 11) is 1.68. The second-order valence-electron chi connectivity index (χ2n) is 6.72. The van der Waals surface area contributed by atoms with Gasteiger partial charge in [0, 0.05) is 36.7 Å². The van der Waals surface area contributed by atoms with Crippen molar-refractivity contribution in [1.82, 2.24) is 15.5 Å². The Balaban J connectivity index is 1.65. The molecule has 1 aromatic carbocycles. The highest BCUT2D eigenvalue weighted by Crippen LogP contribution is 2.23. The van der Waals surface area contributed by atoms with Crippen molar-refractivity contribution in [2.45, 2.75) is 25.4 Å². The van der Waals surface area contributed by atoms with E-state index < -0.39 is 12.7 Å². The molecule has 9 heteroatoms. The predicted octanol–water partition coefficient (Wildman–Crippen LogP) is 3.98. The molecule has 0 bridgehead atoms. The molecule has 1 aliphatic heterocycles. The molecule has 1 saturated heterocycles. The molecule has 0 saturated carbocycles. The zero-order chi connectivity index (χ0) is 19.9. The lowest BCUT2D eigenvalue weighted by Crippen LogP contribution is -2.41. The fourth-order valence-corrected chi connectivity index (χ4v) is 3.65. The number of halogens is 5. The van der Waals surface area contributed by atoms with Crippen LogP contribution in [0.3, 0.4) is 0 Å². The molecule has 27 heavy (non-hydrogen) atoms. The number of nitrogens with one attached hydrogen (secondary N) is 2. The van der Waals surface area contributed by atoms with Gasteiger partial charge < -0.3 is 10.6 Å². The van der Waals surface area contributed by atoms with Crippen LogP contribution in [0.4, 0.5) is 13.2 Å². The van der Waals surface area contributed by atoms with E-state index >= 15 is 0 Å². The smallest absolute Gasteiger partial charge is 0.356 e. The Bertz CT molecular complexity index is 638. The Morgan fingerprint density at radius 1 is 1.30 bits per heavy atom. The van der Waals surface area contributed by atoms with E-state index in [1.807, 2.05) is 12.1 Å². The van der Waals surface area contributed by atoms with Crippen molar-refractivity contribution in [3.05, 3.63) is 33.8 Å². The Hall–Kier alpha value is -1.18. The van der Waals surface area contributed by atoms with Gasteiger partial charge >= 0.3 is 6.18 Å². The van der Waals surface area contributed by atoms with Gasteiger partial charge in [0.15, 0.2) is 5.96 Å². The molecular formula is C18H25Cl2F3N4. The van der Waals surface area contributed by atoms with Gasteiger partial charge in [-0.05, 0) is 49.4 Å². The number of likely N-dealkylation sites (tertiary alicyclic amines) is 1. The molecule has 1 heterocycles. The summed E-state index contributed by atoms with van der Waals surface area (Å²) >= 11 is 12.0. The second-order valence-corrected chi connectivity index (χ2v) is 7.57. The van der Waals surface area contributed by atoms with E-state index in [0.29, 0.717) is 42.2 Å². The molecule has 0 aromatic heterocycles. The van der Waals surface area contributed by atoms with Gasteiger partial charge in [0.05, 0.1) is 6.54 Å². The summed E-state index contributed by atoms with van der Waals surface area (Å²) < 4.78 is 37.3. The number of nitrogens with zero attached hydrogens (tertiary/aromatic N) is 2. The van der Waals surface area contributed by atoms with Crippen molar-refractivity contribution < 1.29 is 13.2 Å². The summed E-state index contributed by atoms with van der Waals surface area (Å²) in [5.74, 6) is 0.852. The van der Waals surface area contributed by atoms with Crippen LogP contribution in [0.1, 0.15) is 18.4 Å². The third kappa shape index (κ3) is 8.15. The Morgan fingerprint density at radius 2 is 2.07 bits per heavy atom. The number of alkyl halides is 3. The van der Waals surface area contributed by atoms with Crippen molar-refractivity contribution in [1.29, 1.82) is 0 Å². The topological polar surface area (TPSA) is 39.7 Å². The average molecular weight is 425 g/mol. The monoisotopic (exact) mass is 424 g/mol. The summed E-state index contributed by atoms with van der Waals surface area (Å²) in [6, 6.07) is 5.47. The van der Waals surface area contributed by atoms with E-state index in [0.717, 1.165) is 24.8 Å². The van der Waals surface area contributed by atoms with Crippen LogP contribution in [0.5, 0.6) is 0 Å².